The van der Waals surface area contributed by atoms with Gasteiger partial charge in [-0.25, -0.2) is 0 Å². The van der Waals surface area contributed by atoms with Crippen molar-refractivity contribution in [2.45, 2.75) is 511 Å². The van der Waals surface area contributed by atoms with E-state index in [1.807, 2.05) is 0 Å². The van der Waals surface area contributed by atoms with E-state index in [4.69, 9.17) is 33.2 Å². The minimum atomic E-state index is -0.436. The van der Waals surface area contributed by atoms with Crippen LogP contribution >= 0.6 is 0 Å². The molecular weight excluding hydrogens is 1440 g/mol. The fourth-order valence-corrected chi connectivity index (χ4v) is 18.1. The van der Waals surface area contributed by atoms with Gasteiger partial charge in [-0.2, -0.15) is 0 Å². The Balaban J connectivity index is 2.51. The summed E-state index contributed by atoms with van der Waals surface area (Å²) in [6.07, 6.45) is 77.2. The highest BCUT2D eigenvalue weighted by molar-refractivity contribution is 5.73. The van der Waals surface area contributed by atoms with Gasteiger partial charge < -0.3 is 43.0 Å². The number of hydrogen-bond donors (Lipinski definition) is 0. The van der Waals surface area contributed by atoms with Crippen LogP contribution in [-0.4, -0.2) is 132 Å². The van der Waals surface area contributed by atoms with Crippen LogP contribution in [0.5, 0.6) is 0 Å². The van der Waals surface area contributed by atoms with E-state index in [0.717, 1.165) is 206 Å². The van der Waals surface area contributed by atoms with Gasteiger partial charge in [0.2, 0.25) is 0 Å². The Hall–Kier alpha value is -2.32. The summed E-state index contributed by atoms with van der Waals surface area (Å²) in [4.78, 5) is 57.7. The van der Waals surface area contributed by atoms with Crippen molar-refractivity contribution < 1.29 is 52.3 Å². The SMILES string of the molecule is CCCCCC(CCCCC)CC(=O)OCCCCCCCCCCC1(CCCCCCCCCCOC(=O)CC(CCCCC)CCCC(C)C(C(=O)OCCCCCCCCCCC(CCCCCCCCCCOC(=O)CC(CCCC)CCCC)COCCCN(C)CC)C(CCCC)CCCC)OCC(CN(C)CC)O1. The van der Waals surface area contributed by atoms with Gasteiger partial charge in [0.1, 0.15) is 0 Å². The quantitative estimate of drug-likeness (QED) is 0.0325. The molecular formula is C103H200N2O11. The van der Waals surface area contributed by atoms with Crippen molar-refractivity contribution in [3.05, 3.63) is 0 Å². The smallest absolute Gasteiger partial charge is 0.309 e. The Bertz CT molecular complexity index is 2110. The molecule has 1 saturated heterocycles. The van der Waals surface area contributed by atoms with Crippen LogP contribution in [-0.2, 0) is 52.3 Å². The Morgan fingerprint density at radius 2 is 0.655 bits per heavy atom. The van der Waals surface area contributed by atoms with Crippen molar-refractivity contribution in [3.8, 4) is 0 Å². The molecule has 0 spiro atoms. The molecule has 0 saturated carbocycles. The molecule has 0 N–H and O–H groups in total. The molecule has 13 heteroatoms. The van der Waals surface area contributed by atoms with Gasteiger partial charge in [0.25, 0.3) is 0 Å². The van der Waals surface area contributed by atoms with Crippen molar-refractivity contribution >= 4 is 23.9 Å². The van der Waals surface area contributed by atoms with E-state index >= 15 is 0 Å². The normalized spacial score (nSPS) is 15.6. The molecule has 0 radical (unpaired) electrons. The van der Waals surface area contributed by atoms with Gasteiger partial charge in [0.15, 0.2) is 5.79 Å². The highest BCUT2D eigenvalue weighted by Gasteiger charge is 2.41. The molecule has 0 aliphatic carbocycles. The van der Waals surface area contributed by atoms with Gasteiger partial charge in [-0.05, 0) is 178 Å². The van der Waals surface area contributed by atoms with Crippen molar-refractivity contribution in [3.63, 3.8) is 0 Å². The van der Waals surface area contributed by atoms with Crippen molar-refractivity contribution in [1.29, 1.82) is 0 Å². The van der Waals surface area contributed by atoms with E-state index in [2.05, 4.69) is 93.1 Å². The summed E-state index contributed by atoms with van der Waals surface area (Å²) in [7, 11) is 4.37. The van der Waals surface area contributed by atoms with Crippen LogP contribution in [0.2, 0.25) is 0 Å². The number of esters is 4. The summed E-state index contributed by atoms with van der Waals surface area (Å²) in [5.41, 5.74) is 0. The number of nitrogens with zero attached hydrogens (tertiary/aromatic N) is 2. The molecule has 6 unspecified atom stereocenters. The summed E-state index contributed by atoms with van der Waals surface area (Å²) < 4.78 is 43.3. The van der Waals surface area contributed by atoms with E-state index in [9.17, 15) is 19.2 Å². The third-order valence-electron chi connectivity index (χ3n) is 26.1. The lowest BCUT2D eigenvalue weighted by atomic mass is 9.75. The summed E-state index contributed by atoms with van der Waals surface area (Å²) >= 11 is 0. The number of ether oxygens (including phenoxy) is 7. The Morgan fingerprint density at radius 1 is 0.336 bits per heavy atom. The van der Waals surface area contributed by atoms with Gasteiger partial charge >= 0.3 is 23.9 Å². The average Bonchev–Trinajstić information content (AvgIpc) is 1.51. The Kier molecular flexibility index (Phi) is 79.2. The Labute approximate surface area is 721 Å². The third kappa shape index (κ3) is 66.3. The number of carbonyl (C=O) groups excluding carboxylic acids is 4. The fourth-order valence-electron chi connectivity index (χ4n) is 18.1. The zero-order valence-corrected chi connectivity index (χ0v) is 79.7. The molecule has 13 nitrogen and oxygen atoms in total. The molecule has 0 aromatic rings. The molecule has 1 aliphatic heterocycles. The lowest BCUT2D eigenvalue weighted by molar-refractivity contribution is -0.180. The van der Waals surface area contributed by atoms with Crippen molar-refractivity contribution in [2.75, 3.05) is 86.5 Å². The zero-order valence-electron chi connectivity index (χ0n) is 79.7. The van der Waals surface area contributed by atoms with Crippen LogP contribution in [0.4, 0.5) is 0 Å². The van der Waals surface area contributed by atoms with Crippen LogP contribution < -0.4 is 0 Å². The molecule has 1 heterocycles. The minimum absolute atomic E-state index is 0.0196. The van der Waals surface area contributed by atoms with Gasteiger partial charge in [-0.3, -0.25) is 19.2 Å². The largest absolute Gasteiger partial charge is 0.466 e. The molecule has 6 atom stereocenters. The first-order valence-electron chi connectivity index (χ1n) is 51.6. The summed E-state index contributed by atoms with van der Waals surface area (Å²) in [6, 6.07) is 0. The second-order valence-corrected chi connectivity index (χ2v) is 37.2. The van der Waals surface area contributed by atoms with E-state index in [-0.39, 0.29) is 41.8 Å². The monoisotopic (exact) mass is 1640 g/mol. The maximum absolute atomic E-state index is 14.3. The van der Waals surface area contributed by atoms with Crippen LogP contribution in [0.3, 0.4) is 0 Å². The van der Waals surface area contributed by atoms with E-state index < -0.39 is 5.79 Å². The van der Waals surface area contributed by atoms with Crippen LogP contribution in [0.25, 0.3) is 0 Å². The number of unbranched alkanes of at least 4 members (excludes halogenated alkanes) is 38. The first-order valence-corrected chi connectivity index (χ1v) is 51.6. The first kappa shape index (κ1) is 112. The summed E-state index contributed by atoms with van der Waals surface area (Å²) in [5, 5.41) is 0. The van der Waals surface area contributed by atoms with Crippen LogP contribution in [0.1, 0.15) is 499 Å². The average molecular weight is 1640 g/mol. The maximum atomic E-state index is 14.3. The molecule has 0 bridgehead atoms. The highest BCUT2D eigenvalue weighted by atomic mass is 16.7. The fraction of sp³-hybridized carbons (Fsp3) is 0.961. The Morgan fingerprint density at radius 3 is 1.03 bits per heavy atom. The molecule has 116 heavy (non-hydrogen) atoms. The van der Waals surface area contributed by atoms with E-state index in [1.165, 1.54) is 244 Å². The minimum Gasteiger partial charge on any atom is -0.466 e. The van der Waals surface area contributed by atoms with Gasteiger partial charge in [0.05, 0.1) is 45.1 Å². The lowest BCUT2D eigenvalue weighted by Gasteiger charge is -2.31. The lowest BCUT2D eigenvalue weighted by Crippen LogP contribution is -2.34. The molecule has 0 amide bonds. The van der Waals surface area contributed by atoms with Gasteiger partial charge in [-0.15, -0.1) is 0 Å². The van der Waals surface area contributed by atoms with Crippen molar-refractivity contribution in [1.82, 2.24) is 9.80 Å². The third-order valence-corrected chi connectivity index (χ3v) is 26.1. The second-order valence-electron chi connectivity index (χ2n) is 37.2. The predicted octanol–water partition coefficient (Wildman–Crippen LogP) is 29.8. The summed E-state index contributed by atoms with van der Waals surface area (Å²) in [6.45, 7) is 31.4. The maximum Gasteiger partial charge on any atom is 0.309 e. The topological polar surface area (TPSA) is 139 Å². The number of likely N-dealkylation sites (N-methyl/N-ethyl adjacent to an activating group) is 1. The molecule has 688 valence electrons. The van der Waals surface area contributed by atoms with Crippen LogP contribution in [0.15, 0.2) is 0 Å². The predicted molar refractivity (Wildman–Crippen MR) is 494 cm³/mol. The van der Waals surface area contributed by atoms with Gasteiger partial charge in [0, 0.05) is 58.4 Å². The molecule has 1 aliphatic rings. The molecule has 1 fully saturated rings. The van der Waals surface area contributed by atoms with E-state index in [1.54, 1.807) is 0 Å². The highest BCUT2D eigenvalue weighted by Crippen LogP contribution is 2.38. The first-order chi connectivity index (χ1) is 56.7. The van der Waals surface area contributed by atoms with Crippen molar-refractivity contribution in [2.24, 2.45) is 41.4 Å². The van der Waals surface area contributed by atoms with Gasteiger partial charge in [-0.1, -0.05) is 352 Å². The standard InChI is InChI=1S/C103H200N2O11/c1-13-22-53-69-93(70-54-23-14-2)86-99(107)112-82-61-50-42-35-31-39-47-58-77-103(115-90-97(116-103)88-105(12)21-9)78-59-48-40-32-36-43-51-62-83-113-100(108)87-94(71-55-24-15-3)74-64-66-91(10)101(96(75-27-18-6)76-28-19-7)102(109)114-84-63-52-44-34-30-38-46-57-73-95(89-110-80-65-79-104(11)20-8)72-56-45-37-29-33-41-49-60-81-111-98(106)85-92(67-25-16-4)68-26-17-5/h91-97,101H,13-90H2,1-12H3. The second kappa shape index (κ2) is 82.3. The molecule has 0 aromatic heterocycles. The van der Waals surface area contributed by atoms with E-state index in [0.29, 0.717) is 81.9 Å². The van der Waals surface area contributed by atoms with Crippen LogP contribution in [0, 0.1) is 41.4 Å². The number of hydrogen-bond acceptors (Lipinski definition) is 13. The molecule has 1 rings (SSSR count). The zero-order chi connectivity index (χ0) is 84.7. The summed E-state index contributed by atoms with van der Waals surface area (Å²) in [5.74, 6) is 2.15. The molecule has 0 aromatic carbocycles. The number of carbonyl (C=O) groups is 4. The number of rotatable bonds is 91.